The van der Waals surface area contributed by atoms with Crippen LogP contribution in [-0.2, 0) is 22.5 Å². The zero-order chi connectivity index (χ0) is 16.7. The van der Waals surface area contributed by atoms with E-state index in [1.165, 1.54) is 10.6 Å². The minimum atomic E-state index is -0.156. The molecule has 5 heteroatoms. The van der Waals surface area contributed by atoms with Gasteiger partial charge in [-0.05, 0) is 18.1 Å². The maximum absolute atomic E-state index is 12.3. The minimum Gasteiger partial charge on any atom is -0.383 e. The van der Waals surface area contributed by atoms with Crippen molar-refractivity contribution in [2.75, 3.05) is 19.0 Å². The fraction of sp³-hybridized carbons (Fsp3) is 0.333. The Morgan fingerprint density at radius 2 is 1.96 bits per heavy atom. The number of methoxy groups -OCH3 is 1. The Kier molecular flexibility index (Phi) is 6.11. The molecule has 0 unspecified atom stereocenters. The molecule has 1 aromatic carbocycles. The van der Waals surface area contributed by atoms with Crippen molar-refractivity contribution in [1.29, 1.82) is 0 Å². The molecule has 0 bridgehead atoms. The number of carbonyl (C=O) groups excluding carboxylic acids is 1. The van der Waals surface area contributed by atoms with Crippen molar-refractivity contribution in [2.45, 2.75) is 19.9 Å². The van der Waals surface area contributed by atoms with Gasteiger partial charge in [0, 0.05) is 31.8 Å². The van der Waals surface area contributed by atoms with Crippen molar-refractivity contribution < 1.29 is 9.53 Å². The monoisotopic (exact) mass is 314 g/mol. The van der Waals surface area contributed by atoms with E-state index in [9.17, 15) is 9.59 Å². The Hall–Kier alpha value is -2.40. The lowest BCUT2D eigenvalue weighted by molar-refractivity contribution is -0.119. The smallest absolute Gasteiger partial charge is 0.250 e. The average Bonchev–Trinajstić information content (AvgIpc) is 2.56. The quantitative estimate of drug-likeness (QED) is 0.853. The summed E-state index contributed by atoms with van der Waals surface area (Å²) in [6.07, 6.45) is 2.32. The number of nitrogens with zero attached hydrogens (tertiary/aromatic N) is 1. The van der Waals surface area contributed by atoms with Gasteiger partial charge in [-0.1, -0.05) is 37.3 Å². The first-order valence-electron chi connectivity index (χ1n) is 7.64. The molecule has 23 heavy (non-hydrogen) atoms. The number of amides is 1. The van der Waals surface area contributed by atoms with Crippen molar-refractivity contribution >= 4 is 11.6 Å². The molecule has 0 aliphatic heterocycles. The highest BCUT2D eigenvalue weighted by Gasteiger charge is 2.14. The molecule has 2 aromatic rings. The van der Waals surface area contributed by atoms with Gasteiger partial charge in [-0.3, -0.25) is 9.59 Å². The maximum Gasteiger partial charge on any atom is 0.250 e. The van der Waals surface area contributed by atoms with Gasteiger partial charge >= 0.3 is 0 Å². The predicted octanol–water partition coefficient (Wildman–Crippen LogP) is 2.31. The van der Waals surface area contributed by atoms with Crippen LogP contribution in [0.1, 0.15) is 12.5 Å². The van der Waals surface area contributed by atoms with Gasteiger partial charge in [-0.25, -0.2) is 0 Å². The lowest BCUT2D eigenvalue weighted by atomic mass is 10.0. The van der Waals surface area contributed by atoms with Gasteiger partial charge in [0.2, 0.25) is 5.91 Å². The maximum atomic E-state index is 12.3. The first-order valence-corrected chi connectivity index (χ1v) is 7.64. The number of hydrogen-bond donors (Lipinski definition) is 1. The van der Waals surface area contributed by atoms with E-state index in [-0.39, 0.29) is 17.4 Å². The molecule has 0 saturated carbocycles. The third-order valence-corrected chi connectivity index (χ3v) is 3.62. The molecule has 0 spiro atoms. The summed E-state index contributed by atoms with van der Waals surface area (Å²) in [5.41, 5.74) is 1.63. The summed E-state index contributed by atoms with van der Waals surface area (Å²) in [7, 11) is 1.59. The number of hydrogen-bond acceptors (Lipinski definition) is 3. The van der Waals surface area contributed by atoms with Crippen LogP contribution in [-0.4, -0.2) is 24.2 Å². The number of pyridine rings is 1. The number of rotatable bonds is 7. The summed E-state index contributed by atoms with van der Waals surface area (Å²) in [6, 6.07) is 13.0. The Balaban J connectivity index is 2.00. The molecular formula is C18H22N2O3. The van der Waals surface area contributed by atoms with Crippen LogP contribution in [0.25, 0.3) is 0 Å². The van der Waals surface area contributed by atoms with E-state index in [1.54, 1.807) is 19.4 Å². The molecule has 1 atom stereocenters. The zero-order valence-electron chi connectivity index (χ0n) is 13.5. The average molecular weight is 314 g/mol. The largest absolute Gasteiger partial charge is 0.383 e. The Labute approximate surface area is 135 Å². The molecule has 1 amide bonds. The molecule has 0 radical (unpaired) electrons. The van der Waals surface area contributed by atoms with Crippen LogP contribution in [0.5, 0.6) is 0 Å². The summed E-state index contributed by atoms with van der Waals surface area (Å²) in [6.45, 7) is 2.80. The highest BCUT2D eigenvalue weighted by Crippen LogP contribution is 2.11. The second-order valence-electron chi connectivity index (χ2n) is 5.52. The normalized spacial score (nSPS) is 11.9. The van der Waals surface area contributed by atoms with Crippen molar-refractivity contribution in [3.8, 4) is 0 Å². The third kappa shape index (κ3) is 5.07. The predicted molar refractivity (Wildman–Crippen MR) is 90.5 cm³/mol. The number of ether oxygens (including phenoxy) is 1. The van der Waals surface area contributed by atoms with E-state index in [1.807, 2.05) is 37.3 Å². The lowest BCUT2D eigenvalue weighted by Gasteiger charge is -2.13. The van der Waals surface area contributed by atoms with E-state index in [0.717, 1.165) is 5.56 Å². The number of benzene rings is 1. The van der Waals surface area contributed by atoms with Crippen molar-refractivity contribution in [3.05, 3.63) is 64.6 Å². The molecule has 0 saturated heterocycles. The first-order chi connectivity index (χ1) is 11.1. The molecule has 0 aliphatic carbocycles. The molecule has 1 heterocycles. The second kappa shape index (κ2) is 8.29. The molecule has 122 valence electrons. The van der Waals surface area contributed by atoms with Crippen LogP contribution in [0.4, 0.5) is 5.69 Å². The molecule has 2 rings (SSSR count). The number of aromatic nitrogens is 1. The summed E-state index contributed by atoms with van der Waals surface area (Å²) in [4.78, 5) is 24.0. The summed E-state index contributed by atoms with van der Waals surface area (Å²) in [5, 5.41) is 2.87. The fourth-order valence-corrected chi connectivity index (χ4v) is 2.30. The van der Waals surface area contributed by atoms with E-state index >= 15 is 0 Å². The molecule has 0 aliphatic rings. The van der Waals surface area contributed by atoms with Crippen LogP contribution in [0, 0.1) is 5.92 Å². The van der Waals surface area contributed by atoms with Crippen molar-refractivity contribution in [1.82, 2.24) is 4.57 Å². The number of nitrogens with one attached hydrogen (secondary N) is 1. The van der Waals surface area contributed by atoms with E-state index in [0.29, 0.717) is 25.3 Å². The highest BCUT2D eigenvalue weighted by molar-refractivity contribution is 5.92. The second-order valence-corrected chi connectivity index (χ2v) is 5.52. The number of anilines is 1. The topological polar surface area (TPSA) is 60.3 Å². The Morgan fingerprint density at radius 3 is 2.65 bits per heavy atom. The summed E-state index contributed by atoms with van der Waals surface area (Å²) < 4.78 is 6.51. The van der Waals surface area contributed by atoms with Crippen LogP contribution in [0.3, 0.4) is 0 Å². The Bertz CT molecular complexity index is 695. The van der Waals surface area contributed by atoms with Gasteiger partial charge in [0.05, 0.1) is 12.3 Å². The summed E-state index contributed by atoms with van der Waals surface area (Å²) in [5.74, 6) is -0.220. The molecule has 1 aromatic heterocycles. The lowest BCUT2D eigenvalue weighted by Crippen LogP contribution is -2.25. The number of carbonyl (C=O) groups is 1. The van der Waals surface area contributed by atoms with E-state index < -0.39 is 0 Å². The van der Waals surface area contributed by atoms with Crippen LogP contribution >= 0.6 is 0 Å². The fourth-order valence-electron chi connectivity index (χ4n) is 2.30. The van der Waals surface area contributed by atoms with E-state index in [4.69, 9.17) is 4.74 Å². The van der Waals surface area contributed by atoms with Gasteiger partial charge < -0.3 is 14.6 Å². The summed E-state index contributed by atoms with van der Waals surface area (Å²) >= 11 is 0. The van der Waals surface area contributed by atoms with Crippen LogP contribution in [0.2, 0.25) is 0 Å². The van der Waals surface area contributed by atoms with E-state index in [2.05, 4.69) is 5.32 Å². The molecule has 5 nitrogen and oxygen atoms in total. The standard InChI is InChI=1S/C18H22N2O3/c1-14(12-15-6-4-3-5-7-15)18(22)19-16-8-9-17(21)20(13-16)10-11-23-2/h3-9,13-14H,10-12H2,1-2H3,(H,19,22)/t14-/m0/s1. The van der Waals surface area contributed by atoms with Crippen LogP contribution in [0.15, 0.2) is 53.5 Å². The van der Waals surface area contributed by atoms with Crippen molar-refractivity contribution in [3.63, 3.8) is 0 Å². The Morgan fingerprint density at radius 1 is 1.22 bits per heavy atom. The first kappa shape index (κ1) is 17.0. The van der Waals surface area contributed by atoms with Gasteiger partial charge in [0.1, 0.15) is 0 Å². The molecular weight excluding hydrogens is 292 g/mol. The third-order valence-electron chi connectivity index (χ3n) is 3.62. The van der Waals surface area contributed by atoms with Gasteiger partial charge in [0.25, 0.3) is 5.56 Å². The van der Waals surface area contributed by atoms with Crippen LogP contribution < -0.4 is 10.9 Å². The highest BCUT2D eigenvalue weighted by atomic mass is 16.5. The van der Waals surface area contributed by atoms with Gasteiger partial charge in [-0.15, -0.1) is 0 Å². The van der Waals surface area contributed by atoms with Gasteiger partial charge in [-0.2, -0.15) is 0 Å². The van der Waals surface area contributed by atoms with Gasteiger partial charge in [0.15, 0.2) is 0 Å². The van der Waals surface area contributed by atoms with Crippen molar-refractivity contribution in [2.24, 2.45) is 5.92 Å². The molecule has 1 N–H and O–H groups in total. The SMILES string of the molecule is COCCn1cc(NC(=O)[C@@H](C)Cc2ccccc2)ccc1=O. The molecule has 0 fully saturated rings. The zero-order valence-corrected chi connectivity index (χ0v) is 13.5. The minimum absolute atomic E-state index is 0.0641.